The highest BCUT2D eigenvalue weighted by molar-refractivity contribution is 7.98. The highest BCUT2D eigenvalue weighted by Gasteiger charge is 2.15. The normalized spacial score (nSPS) is 11.1. The first-order chi connectivity index (χ1) is 14.2. The van der Waals surface area contributed by atoms with Gasteiger partial charge in [0.25, 0.3) is 5.56 Å². The lowest BCUT2D eigenvalue weighted by atomic mass is 10.2. The molecule has 29 heavy (non-hydrogen) atoms. The molecule has 0 N–H and O–H groups in total. The molecule has 148 valence electrons. The average molecular weight is 407 g/mol. The summed E-state index contributed by atoms with van der Waals surface area (Å²) in [5.41, 5.74) is 3.12. The number of benzene rings is 2. The van der Waals surface area contributed by atoms with Gasteiger partial charge in [-0.25, -0.2) is 4.98 Å². The second-order valence-electron chi connectivity index (χ2n) is 6.63. The Morgan fingerprint density at radius 3 is 2.48 bits per heavy atom. The Labute approximate surface area is 173 Å². The van der Waals surface area contributed by atoms with Gasteiger partial charge < -0.3 is 4.74 Å². The number of thioether (sulfide) groups is 1. The maximum Gasteiger partial charge on any atom is 0.282 e. The molecule has 2 aromatic carbocycles. The van der Waals surface area contributed by atoms with Crippen LogP contribution < -0.4 is 10.3 Å². The highest BCUT2D eigenvalue weighted by Crippen LogP contribution is 2.23. The molecule has 0 bridgehead atoms. The molecule has 0 saturated heterocycles. The molecule has 7 heteroatoms. The monoisotopic (exact) mass is 406 g/mol. The van der Waals surface area contributed by atoms with Crippen LogP contribution in [0.1, 0.15) is 18.1 Å². The van der Waals surface area contributed by atoms with Crippen LogP contribution in [0.15, 0.2) is 70.7 Å². The van der Waals surface area contributed by atoms with Gasteiger partial charge in [-0.05, 0) is 30.2 Å². The summed E-state index contributed by atoms with van der Waals surface area (Å²) in [7, 11) is 1.64. The van der Waals surface area contributed by atoms with Crippen molar-refractivity contribution in [3.8, 4) is 5.75 Å². The number of methoxy groups -OCH3 is 1. The predicted octanol–water partition coefficient (Wildman–Crippen LogP) is 3.96. The number of aromatic nitrogens is 4. The van der Waals surface area contributed by atoms with Gasteiger partial charge in [0.15, 0.2) is 10.7 Å². The molecule has 0 aliphatic rings. The van der Waals surface area contributed by atoms with Crippen LogP contribution in [0.5, 0.6) is 5.75 Å². The average Bonchev–Trinajstić information content (AvgIpc) is 3.19. The van der Waals surface area contributed by atoms with E-state index in [0.29, 0.717) is 29.3 Å². The lowest BCUT2D eigenvalue weighted by Gasteiger charge is -2.12. The number of rotatable bonds is 7. The number of fused-ring (bicyclic) bond motifs is 1. The Morgan fingerprint density at radius 2 is 1.79 bits per heavy atom. The van der Waals surface area contributed by atoms with E-state index in [9.17, 15) is 4.79 Å². The van der Waals surface area contributed by atoms with Gasteiger partial charge >= 0.3 is 0 Å². The zero-order valence-corrected chi connectivity index (χ0v) is 17.2. The van der Waals surface area contributed by atoms with Crippen molar-refractivity contribution >= 4 is 22.8 Å². The van der Waals surface area contributed by atoms with E-state index in [1.807, 2.05) is 55.6 Å². The van der Waals surface area contributed by atoms with Crippen LogP contribution in [0.4, 0.5) is 0 Å². The minimum Gasteiger partial charge on any atom is -0.497 e. The number of hydrogen-bond donors (Lipinski definition) is 0. The van der Waals surface area contributed by atoms with Crippen LogP contribution >= 0.6 is 11.8 Å². The Kier molecular flexibility index (Phi) is 5.67. The van der Waals surface area contributed by atoms with Crippen LogP contribution in [0.3, 0.4) is 0 Å². The highest BCUT2D eigenvalue weighted by atomic mass is 32.2. The van der Waals surface area contributed by atoms with Crippen LogP contribution in [0.25, 0.3) is 11.0 Å². The molecule has 6 nitrogen and oxygen atoms in total. The summed E-state index contributed by atoms with van der Waals surface area (Å²) in [6.07, 6.45) is 1.83. The van der Waals surface area contributed by atoms with E-state index in [1.165, 1.54) is 5.56 Å². The first-order valence-corrected chi connectivity index (χ1v) is 10.4. The van der Waals surface area contributed by atoms with Gasteiger partial charge in [0.05, 0.1) is 19.9 Å². The zero-order valence-electron chi connectivity index (χ0n) is 16.4. The van der Waals surface area contributed by atoms with E-state index in [1.54, 1.807) is 28.1 Å². The summed E-state index contributed by atoms with van der Waals surface area (Å²) >= 11 is 1.56. The van der Waals surface area contributed by atoms with E-state index >= 15 is 0 Å². The lowest BCUT2D eigenvalue weighted by Crippen LogP contribution is -2.24. The van der Waals surface area contributed by atoms with Gasteiger partial charge in [-0.15, -0.1) is 0 Å². The van der Waals surface area contributed by atoms with E-state index in [0.717, 1.165) is 17.1 Å². The first kappa shape index (κ1) is 19.3. The van der Waals surface area contributed by atoms with E-state index < -0.39 is 0 Å². The molecular formula is C22H22N4O2S. The third-order valence-corrected chi connectivity index (χ3v) is 5.72. The maximum atomic E-state index is 13.2. The summed E-state index contributed by atoms with van der Waals surface area (Å²) in [5, 5.41) is 5.10. The molecule has 4 aromatic rings. The second-order valence-corrected chi connectivity index (χ2v) is 7.57. The van der Waals surface area contributed by atoms with Gasteiger partial charge in [-0.1, -0.05) is 54.2 Å². The third kappa shape index (κ3) is 4.19. The molecule has 4 rings (SSSR count). The minimum atomic E-state index is -0.117. The van der Waals surface area contributed by atoms with E-state index in [4.69, 9.17) is 9.72 Å². The summed E-state index contributed by atoms with van der Waals surface area (Å²) in [4.78, 5) is 18.0. The summed E-state index contributed by atoms with van der Waals surface area (Å²) in [6.45, 7) is 3.12. The fraction of sp³-hybridized carbons (Fsp3) is 0.227. The Hall–Kier alpha value is -3.06. The second kappa shape index (κ2) is 8.53. The maximum absolute atomic E-state index is 13.2. The Balaban J connectivity index is 1.73. The molecule has 0 atom stereocenters. The lowest BCUT2D eigenvalue weighted by molar-refractivity contribution is 0.414. The van der Waals surface area contributed by atoms with Crippen molar-refractivity contribution in [2.24, 2.45) is 0 Å². The molecule has 2 aromatic heterocycles. The molecule has 0 saturated carbocycles. The van der Waals surface area contributed by atoms with Crippen LogP contribution in [-0.4, -0.2) is 26.4 Å². The first-order valence-electron chi connectivity index (χ1n) is 9.45. The molecule has 2 heterocycles. The van der Waals surface area contributed by atoms with Crippen molar-refractivity contribution < 1.29 is 4.74 Å². The number of ether oxygens (including phenoxy) is 1. The van der Waals surface area contributed by atoms with Crippen LogP contribution in [0.2, 0.25) is 0 Å². The van der Waals surface area contributed by atoms with E-state index in [2.05, 4.69) is 17.2 Å². The van der Waals surface area contributed by atoms with Gasteiger partial charge in [-0.3, -0.25) is 14.0 Å². The van der Waals surface area contributed by atoms with Gasteiger partial charge in [0, 0.05) is 12.3 Å². The SMILES string of the molecule is CCn1cc2nc(SCc3ccccc3)n(Cc3ccc(OC)cc3)c(=O)c2n1. The number of hydrogen-bond acceptors (Lipinski definition) is 5. The van der Waals surface area contributed by atoms with Crippen molar-refractivity contribution in [3.05, 3.63) is 82.3 Å². The zero-order chi connectivity index (χ0) is 20.2. The topological polar surface area (TPSA) is 61.9 Å². The molecule has 0 aliphatic carbocycles. The Bertz CT molecular complexity index is 1170. The van der Waals surface area contributed by atoms with Crippen LogP contribution in [-0.2, 0) is 18.8 Å². The molecule has 0 radical (unpaired) electrons. The molecule has 0 unspecified atom stereocenters. The molecular weight excluding hydrogens is 384 g/mol. The van der Waals surface area contributed by atoms with Crippen LogP contribution in [0, 0.1) is 0 Å². The van der Waals surface area contributed by atoms with Crippen molar-refractivity contribution in [2.75, 3.05) is 7.11 Å². The summed E-state index contributed by atoms with van der Waals surface area (Å²) in [5.74, 6) is 1.53. The van der Waals surface area contributed by atoms with Gasteiger partial charge in [0.2, 0.25) is 0 Å². The molecule has 0 aliphatic heterocycles. The minimum absolute atomic E-state index is 0.117. The fourth-order valence-corrected chi connectivity index (χ4v) is 4.02. The standard InChI is InChI=1S/C22H22N4O2S/c1-3-25-14-19-20(24-25)21(27)26(13-16-9-11-18(28-2)12-10-16)22(23-19)29-15-17-7-5-4-6-8-17/h4-12,14H,3,13,15H2,1-2H3. The third-order valence-electron chi connectivity index (χ3n) is 4.67. The largest absolute Gasteiger partial charge is 0.497 e. The van der Waals surface area contributed by atoms with Crippen molar-refractivity contribution in [3.63, 3.8) is 0 Å². The predicted molar refractivity (Wildman–Crippen MR) is 116 cm³/mol. The number of aryl methyl sites for hydroxylation is 1. The Morgan fingerprint density at radius 1 is 1.03 bits per heavy atom. The van der Waals surface area contributed by atoms with Crippen molar-refractivity contribution in [1.29, 1.82) is 0 Å². The van der Waals surface area contributed by atoms with Crippen molar-refractivity contribution in [2.45, 2.75) is 30.9 Å². The smallest absolute Gasteiger partial charge is 0.282 e. The van der Waals surface area contributed by atoms with Gasteiger partial charge in [-0.2, -0.15) is 5.10 Å². The van der Waals surface area contributed by atoms with Crippen molar-refractivity contribution in [1.82, 2.24) is 19.3 Å². The molecule has 0 fully saturated rings. The van der Waals surface area contributed by atoms with Gasteiger partial charge in [0.1, 0.15) is 11.3 Å². The quantitative estimate of drug-likeness (QED) is 0.343. The molecule has 0 amide bonds. The number of nitrogens with zero attached hydrogens (tertiary/aromatic N) is 4. The molecule has 0 spiro atoms. The fourth-order valence-electron chi connectivity index (χ4n) is 3.07. The summed E-state index contributed by atoms with van der Waals surface area (Å²) < 4.78 is 8.69. The summed E-state index contributed by atoms with van der Waals surface area (Å²) in [6, 6.07) is 17.9. The van der Waals surface area contributed by atoms with E-state index in [-0.39, 0.29) is 5.56 Å².